The summed E-state index contributed by atoms with van der Waals surface area (Å²) in [6, 6.07) is 1.64. The largest absolute Gasteiger partial charge is 0.505 e. The van der Waals surface area contributed by atoms with Crippen LogP contribution in [0.4, 0.5) is 17.1 Å². The molecular weight excluding hydrogens is 230 g/mol. The molecule has 0 heterocycles. The minimum atomic E-state index is -0.0803. The number of aromatic hydroxyl groups is 1. The lowest BCUT2D eigenvalue weighted by molar-refractivity contribution is -0.110. The van der Waals surface area contributed by atoms with Gasteiger partial charge in [-0.3, -0.25) is 4.79 Å². The number of hydrogen-bond acceptors (Lipinski definition) is 5. The van der Waals surface area contributed by atoms with Crippen molar-refractivity contribution in [2.24, 2.45) is 4.99 Å². The lowest BCUT2D eigenvalue weighted by Gasteiger charge is -2.10. The van der Waals surface area contributed by atoms with Crippen molar-refractivity contribution in [2.75, 3.05) is 11.5 Å². The van der Waals surface area contributed by atoms with Gasteiger partial charge in [-0.05, 0) is 42.9 Å². The summed E-state index contributed by atoms with van der Waals surface area (Å²) in [6.45, 7) is 1.71. The maximum absolute atomic E-state index is 11.0. The molecule has 1 aliphatic rings. The Morgan fingerprint density at radius 1 is 1.11 bits per heavy atom. The van der Waals surface area contributed by atoms with Crippen LogP contribution in [0.1, 0.15) is 5.56 Å². The van der Waals surface area contributed by atoms with Gasteiger partial charge in [0.25, 0.3) is 0 Å². The summed E-state index contributed by atoms with van der Waals surface area (Å²) >= 11 is 0. The van der Waals surface area contributed by atoms with E-state index in [-0.39, 0.29) is 22.9 Å². The van der Waals surface area contributed by atoms with E-state index in [2.05, 4.69) is 4.99 Å². The third kappa shape index (κ3) is 2.10. The first-order valence-corrected chi connectivity index (χ1v) is 5.35. The van der Waals surface area contributed by atoms with Crippen molar-refractivity contribution in [3.05, 3.63) is 35.9 Å². The number of nitrogen functional groups attached to an aromatic ring is 2. The van der Waals surface area contributed by atoms with Gasteiger partial charge in [-0.25, -0.2) is 4.99 Å². The number of aliphatic imine (C=N–C) groups is 1. The highest BCUT2D eigenvalue weighted by molar-refractivity contribution is 6.17. The first-order chi connectivity index (χ1) is 8.49. The second-order valence-corrected chi connectivity index (χ2v) is 3.99. The quantitative estimate of drug-likeness (QED) is 0.396. The Labute approximate surface area is 104 Å². The first-order valence-electron chi connectivity index (χ1n) is 5.35. The Balaban J connectivity index is 2.48. The molecule has 1 aliphatic carbocycles. The molecule has 5 heteroatoms. The number of aryl methyl sites for hydroxylation is 1. The van der Waals surface area contributed by atoms with E-state index >= 15 is 0 Å². The topological polar surface area (TPSA) is 102 Å². The molecule has 0 bridgehead atoms. The van der Waals surface area contributed by atoms with Crippen LogP contribution in [0.3, 0.4) is 0 Å². The molecule has 0 fully saturated rings. The molecule has 2 rings (SSSR count). The monoisotopic (exact) mass is 243 g/mol. The number of ketones is 1. The van der Waals surface area contributed by atoms with Crippen molar-refractivity contribution in [1.29, 1.82) is 0 Å². The van der Waals surface area contributed by atoms with Crippen molar-refractivity contribution >= 4 is 28.6 Å². The molecule has 1 aromatic rings. The number of phenolic OH excluding ortho intramolecular Hbond substituents is 1. The lowest BCUT2D eigenvalue weighted by atomic mass is 10.1. The summed E-state index contributed by atoms with van der Waals surface area (Å²) in [5.74, 6) is -0.107. The number of nitrogens with two attached hydrogens (primary N) is 2. The molecule has 0 atom stereocenters. The second kappa shape index (κ2) is 4.37. The van der Waals surface area contributed by atoms with Gasteiger partial charge in [-0.2, -0.15) is 0 Å². The minimum Gasteiger partial charge on any atom is -0.505 e. The number of anilines is 2. The number of benzene rings is 1. The van der Waals surface area contributed by atoms with Gasteiger partial charge < -0.3 is 16.6 Å². The van der Waals surface area contributed by atoms with Gasteiger partial charge in [0.1, 0.15) is 5.75 Å². The molecule has 5 nitrogen and oxygen atoms in total. The maximum Gasteiger partial charge on any atom is 0.178 e. The summed E-state index contributed by atoms with van der Waals surface area (Å²) in [5.41, 5.74) is 13.5. The van der Waals surface area contributed by atoms with E-state index in [0.29, 0.717) is 17.0 Å². The van der Waals surface area contributed by atoms with Gasteiger partial charge in [0.05, 0.1) is 22.8 Å². The summed E-state index contributed by atoms with van der Waals surface area (Å²) in [6.07, 6.45) is 6.04. The van der Waals surface area contributed by atoms with Gasteiger partial charge in [-0.1, -0.05) is 0 Å². The number of hydrogen-bond donors (Lipinski definition) is 3. The lowest BCUT2D eigenvalue weighted by Crippen LogP contribution is -2.00. The van der Waals surface area contributed by atoms with E-state index in [0.717, 1.165) is 0 Å². The average Bonchev–Trinajstić information content (AvgIpc) is 2.36. The molecule has 0 saturated carbocycles. The predicted octanol–water partition coefficient (Wildman–Crippen LogP) is 1.63. The number of nitrogens with zero attached hydrogens (tertiary/aromatic N) is 1. The van der Waals surface area contributed by atoms with E-state index in [1.807, 2.05) is 0 Å². The molecule has 92 valence electrons. The smallest absolute Gasteiger partial charge is 0.178 e. The van der Waals surface area contributed by atoms with E-state index in [1.165, 1.54) is 12.2 Å². The second-order valence-electron chi connectivity index (χ2n) is 3.99. The maximum atomic E-state index is 11.0. The van der Waals surface area contributed by atoms with Crippen LogP contribution >= 0.6 is 0 Å². The van der Waals surface area contributed by atoms with Gasteiger partial charge in [0, 0.05) is 0 Å². The molecule has 0 spiro atoms. The molecule has 0 aromatic heterocycles. The van der Waals surface area contributed by atoms with Gasteiger partial charge in [0.2, 0.25) is 0 Å². The molecule has 5 N–H and O–H groups in total. The molecule has 0 unspecified atom stereocenters. The highest BCUT2D eigenvalue weighted by Crippen LogP contribution is 2.38. The fourth-order valence-corrected chi connectivity index (χ4v) is 1.58. The van der Waals surface area contributed by atoms with Crippen LogP contribution < -0.4 is 11.5 Å². The molecule has 0 saturated heterocycles. The predicted molar refractivity (Wildman–Crippen MR) is 72.1 cm³/mol. The number of carbonyl (C=O) groups excluding carboxylic acids is 1. The van der Waals surface area contributed by atoms with Gasteiger partial charge in [-0.15, -0.1) is 0 Å². The van der Waals surface area contributed by atoms with E-state index in [4.69, 9.17) is 11.5 Å². The fraction of sp³-hybridized carbons (Fsp3) is 0.0769. The van der Waals surface area contributed by atoms with Crippen LogP contribution in [0.15, 0.2) is 35.4 Å². The molecule has 0 aliphatic heterocycles. The molecule has 18 heavy (non-hydrogen) atoms. The first kappa shape index (κ1) is 11.9. The third-order valence-corrected chi connectivity index (χ3v) is 2.63. The van der Waals surface area contributed by atoms with E-state index < -0.39 is 0 Å². The number of allylic oxidation sites excluding steroid dienone is 4. The summed E-state index contributed by atoms with van der Waals surface area (Å²) < 4.78 is 0. The number of phenols is 1. The molecule has 1 aromatic carbocycles. The zero-order valence-corrected chi connectivity index (χ0v) is 9.84. The minimum absolute atomic E-state index is 0.0265. The molecular formula is C13H13N3O2. The summed E-state index contributed by atoms with van der Waals surface area (Å²) in [4.78, 5) is 15.3. The normalized spacial score (nSPS) is 14.1. The SMILES string of the molecule is Cc1cc(N=C2C=CC(=O)C=C2)c(N)c(N)c1O. The van der Waals surface area contributed by atoms with Crippen LogP contribution in [0.2, 0.25) is 0 Å². The summed E-state index contributed by atoms with van der Waals surface area (Å²) in [7, 11) is 0. The van der Waals surface area contributed by atoms with Crippen molar-refractivity contribution in [3.8, 4) is 5.75 Å². The van der Waals surface area contributed by atoms with Crippen molar-refractivity contribution in [1.82, 2.24) is 0 Å². The van der Waals surface area contributed by atoms with Crippen LogP contribution in [0, 0.1) is 6.92 Å². The Bertz CT molecular complexity index is 595. The van der Waals surface area contributed by atoms with Crippen molar-refractivity contribution in [3.63, 3.8) is 0 Å². The highest BCUT2D eigenvalue weighted by Gasteiger charge is 2.11. The standard InChI is InChI=1S/C13H13N3O2/c1-7-6-10(11(14)12(15)13(7)18)16-8-2-4-9(17)5-3-8/h2-6,18H,14-15H2,1H3. The Morgan fingerprint density at radius 3 is 2.33 bits per heavy atom. The zero-order chi connectivity index (χ0) is 13.3. The van der Waals surface area contributed by atoms with Gasteiger partial charge in [0.15, 0.2) is 5.78 Å². The van der Waals surface area contributed by atoms with Crippen molar-refractivity contribution in [2.45, 2.75) is 6.92 Å². The zero-order valence-electron chi connectivity index (χ0n) is 9.84. The average molecular weight is 243 g/mol. The van der Waals surface area contributed by atoms with Crippen LogP contribution in [0.25, 0.3) is 0 Å². The van der Waals surface area contributed by atoms with Crippen LogP contribution in [-0.4, -0.2) is 16.6 Å². The number of carbonyl (C=O) groups is 1. The Morgan fingerprint density at radius 2 is 1.72 bits per heavy atom. The Hall–Kier alpha value is -2.56. The summed E-state index contributed by atoms with van der Waals surface area (Å²) in [5, 5.41) is 9.63. The third-order valence-electron chi connectivity index (χ3n) is 2.63. The van der Waals surface area contributed by atoms with E-state index in [9.17, 15) is 9.90 Å². The fourth-order valence-electron chi connectivity index (χ4n) is 1.58. The van der Waals surface area contributed by atoms with E-state index in [1.54, 1.807) is 25.1 Å². The highest BCUT2D eigenvalue weighted by atomic mass is 16.3. The Kier molecular flexibility index (Phi) is 2.89. The van der Waals surface area contributed by atoms with Crippen LogP contribution in [0.5, 0.6) is 5.75 Å². The molecule has 0 amide bonds. The molecule has 0 radical (unpaired) electrons. The number of rotatable bonds is 1. The van der Waals surface area contributed by atoms with Crippen molar-refractivity contribution < 1.29 is 9.90 Å². The van der Waals surface area contributed by atoms with Gasteiger partial charge >= 0.3 is 0 Å². The van der Waals surface area contributed by atoms with Crippen LogP contribution in [-0.2, 0) is 4.79 Å².